The van der Waals surface area contributed by atoms with E-state index in [1.807, 2.05) is 7.05 Å². The summed E-state index contributed by atoms with van der Waals surface area (Å²) in [5.74, 6) is 0. The molecule has 0 aliphatic heterocycles. The molecule has 0 aromatic carbocycles. The summed E-state index contributed by atoms with van der Waals surface area (Å²) >= 11 is 7.36. The number of hydrogen-bond acceptors (Lipinski definition) is 5. The van der Waals surface area contributed by atoms with Crippen molar-refractivity contribution in [3.63, 3.8) is 0 Å². The zero-order valence-corrected chi connectivity index (χ0v) is 10.8. The number of halogens is 1. The Morgan fingerprint density at radius 1 is 1.29 bits per heavy atom. The first-order valence-electron chi connectivity index (χ1n) is 5.03. The molecule has 0 saturated carbocycles. The van der Waals surface area contributed by atoms with Crippen molar-refractivity contribution in [1.82, 2.24) is 20.3 Å². The van der Waals surface area contributed by atoms with E-state index in [1.165, 1.54) is 11.8 Å². The number of aromatic nitrogens is 3. The zero-order chi connectivity index (χ0) is 12.1. The zero-order valence-electron chi connectivity index (χ0n) is 9.22. The number of nitrogens with zero attached hydrogens (tertiary/aromatic N) is 3. The SMILES string of the molecule is CNCc1cnc(Sc2ncccc2Cl)nc1. The fourth-order valence-corrected chi connectivity index (χ4v) is 2.12. The molecule has 2 rings (SSSR count). The van der Waals surface area contributed by atoms with Gasteiger partial charge in [-0.15, -0.1) is 0 Å². The van der Waals surface area contributed by atoms with Gasteiger partial charge in [-0.2, -0.15) is 0 Å². The lowest BCUT2D eigenvalue weighted by molar-refractivity contribution is 0.793. The van der Waals surface area contributed by atoms with Crippen LogP contribution in [0.3, 0.4) is 0 Å². The van der Waals surface area contributed by atoms with E-state index in [9.17, 15) is 0 Å². The lowest BCUT2D eigenvalue weighted by Gasteiger charge is -2.02. The molecule has 0 aliphatic carbocycles. The summed E-state index contributed by atoms with van der Waals surface area (Å²) in [6, 6.07) is 3.59. The molecule has 0 aliphatic rings. The van der Waals surface area contributed by atoms with E-state index in [1.54, 1.807) is 30.7 Å². The Morgan fingerprint density at radius 2 is 2.06 bits per heavy atom. The Labute approximate surface area is 109 Å². The van der Waals surface area contributed by atoms with E-state index < -0.39 is 0 Å². The van der Waals surface area contributed by atoms with Crippen molar-refractivity contribution in [3.8, 4) is 0 Å². The molecule has 0 atom stereocenters. The lowest BCUT2D eigenvalue weighted by Crippen LogP contribution is -2.05. The maximum absolute atomic E-state index is 6.01. The van der Waals surface area contributed by atoms with Gasteiger partial charge in [-0.25, -0.2) is 15.0 Å². The molecule has 1 N–H and O–H groups in total. The van der Waals surface area contributed by atoms with Crippen molar-refractivity contribution < 1.29 is 0 Å². The van der Waals surface area contributed by atoms with E-state index >= 15 is 0 Å². The number of pyridine rings is 1. The molecule has 0 radical (unpaired) electrons. The van der Waals surface area contributed by atoms with Crippen molar-refractivity contribution in [2.24, 2.45) is 0 Å². The second-order valence-electron chi connectivity index (χ2n) is 3.30. The molecule has 2 heterocycles. The Bertz CT molecular complexity index is 489. The van der Waals surface area contributed by atoms with Crippen LogP contribution < -0.4 is 5.32 Å². The van der Waals surface area contributed by atoms with Gasteiger partial charge >= 0.3 is 0 Å². The van der Waals surface area contributed by atoms with E-state index in [0.717, 1.165) is 17.1 Å². The molecule has 2 aromatic rings. The highest BCUT2D eigenvalue weighted by Gasteiger charge is 2.05. The van der Waals surface area contributed by atoms with E-state index in [-0.39, 0.29) is 0 Å². The molecule has 0 fully saturated rings. The van der Waals surface area contributed by atoms with Gasteiger partial charge in [0.15, 0.2) is 5.16 Å². The third-order valence-electron chi connectivity index (χ3n) is 1.98. The Hall–Kier alpha value is -1.17. The molecule has 0 spiro atoms. The van der Waals surface area contributed by atoms with Crippen LogP contribution >= 0.6 is 23.4 Å². The molecule has 0 amide bonds. The van der Waals surface area contributed by atoms with Crippen LogP contribution in [0, 0.1) is 0 Å². The smallest absolute Gasteiger partial charge is 0.193 e. The third kappa shape index (κ3) is 3.39. The van der Waals surface area contributed by atoms with Crippen LogP contribution in [0.1, 0.15) is 5.56 Å². The fourth-order valence-electron chi connectivity index (χ4n) is 1.22. The topological polar surface area (TPSA) is 50.7 Å². The largest absolute Gasteiger partial charge is 0.316 e. The van der Waals surface area contributed by atoms with Crippen LogP contribution in [0.5, 0.6) is 0 Å². The van der Waals surface area contributed by atoms with Gasteiger partial charge in [-0.1, -0.05) is 11.6 Å². The second kappa shape index (κ2) is 5.95. The molecule has 6 heteroatoms. The highest BCUT2D eigenvalue weighted by atomic mass is 35.5. The molecule has 0 bridgehead atoms. The van der Waals surface area contributed by atoms with Gasteiger partial charge in [-0.05, 0) is 30.9 Å². The maximum Gasteiger partial charge on any atom is 0.193 e. The van der Waals surface area contributed by atoms with Gasteiger partial charge in [-0.3, -0.25) is 0 Å². The number of hydrogen-bond donors (Lipinski definition) is 1. The van der Waals surface area contributed by atoms with Crippen LogP contribution in [-0.2, 0) is 6.54 Å². The predicted molar refractivity (Wildman–Crippen MR) is 68.2 cm³/mol. The standard InChI is InChI=1S/C11H11ClN4S/c1-13-5-8-6-15-11(16-7-8)17-10-9(12)3-2-4-14-10/h2-4,6-7,13H,5H2,1H3. The monoisotopic (exact) mass is 266 g/mol. The van der Waals surface area contributed by atoms with Crippen molar-refractivity contribution in [2.45, 2.75) is 16.7 Å². The van der Waals surface area contributed by atoms with Gasteiger partial charge in [0, 0.05) is 30.7 Å². The Kier molecular flexibility index (Phi) is 4.30. The Balaban J connectivity index is 2.11. The third-order valence-corrected chi connectivity index (χ3v) is 3.30. The highest BCUT2D eigenvalue weighted by Crippen LogP contribution is 2.28. The van der Waals surface area contributed by atoms with Crippen molar-refractivity contribution in [1.29, 1.82) is 0 Å². The van der Waals surface area contributed by atoms with Gasteiger partial charge in [0.1, 0.15) is 5.03 Å². The predicted octanol–water partition coefficient (Wildman–Crippen LogP) is 2.40. The van der Waals surface area contributed by atoms with Gasteiger partial charge in [0.25, 0.3) is 0 Å². The maximum atomic E-state index is 6.01. The van der Waals surface area contributed by atoms with E-state index in [2.05, 4.69) is 20.3 Å². The van der Waals surface area contributed by atoms with Crippen LogP contribution in [-0.4, -0.2) is 22.0 Å². The lowest BCUT2D eigenvalue weighted by atomic mass is 10.3. The summed E-state index contributed by atoms with van der Waals surface area (Å²) in [6.07, 6.45) is 5.29. The van der Waals surface area contributed by atoms with Crippen LogP contribution in [0.15, 0.2) is 40.9 Å². The van der Waals surface area contributed by atoms with E-state index in [4.69, 9.17) is 11.6 Å². The highest BCUT2D eigenvalue weighted by molar-refractivity contribution is 7.99. The molecule has 2 aromatic heterocycles. The van der Waals surface area contributed by atoms with Crippen LogP contribution in [0.4, 0.5) is 0 Å². The molecule has 88 valence electrons. The number of rotatable bonds is 4. The van der Waals surface area contributed by atoms with Gasteiger partial charge in [0.05, 0.1) is 5.02 Å². The van der Waals surface area contributed by atoms with Crippen molar-refractivity contribution in [2.75, 3.05) is 7.05 Å². The van der Waals surface area contributed by atoms with Crippen LogP contribution in [0.25, 0.3) is 0 Å². The van der Waals surface area contributed by atoms with Crippen molar-refractivity contribution >= 4 is 23.4 Å². The average molecular weight is 267 g/mol. The minimum Gasteiger partial charge on any atom is -0.316 e. The van der Waals surface area contributed by atoms with Gasteiger partial charge < -0.3 is 5.32 Å². The fraction of sp³-hybridized carbons (Fsp3) is 0.182. The average Bonchev–Trinajstić information content (AvgIpc) is 2.35. The minimum atomic E-state index is 0.611. The molecule has 0 unspecified atom stereocenters. The first-order valence-corrected chi connectivity index (χ1v) is 6.23. The summed E-state index contributed by atoms with van der Waals surface area (Å²) in [5, 5.41) is 5.02. The Morgan fingerprint density at radius 3 is 2.71 bits per heavy atom. The van der Waals surface area contributed by atoms with Gasteiger partial charge in [0.2, 0.25) is 0 Å². The molecular weight excluding hydrogens is 256 g/mol. The first kappa shape index (κ1) is 12.3. The quantitative estimate of drug-likeness (QED) is 0.861. The second-order valence-corrected chi connectivity index (χ2v) is 4.66. The van der Waals surface area contributed by atoms with Crippen molar-refractivity contribution in [3.05, 3.63) is 41.3 Å². The van der Waals surface area contributed by atoms with E-state index in [0.29, 0.717) is 10.2 Å². The summed E-state index contributed by atoms with van der Waals surface area (Å²) in [6.45, 7) is 0.759. The first-order chi connectivity index (χ1) is 8.29. The summed E-state index contributed by atoms with van der Waals surface area (Å²) in [7, 11) is 1.89. The summed E-state index contributed by atoms with van der Waals surface area (Å²) in [5.41, 5.74) is 1.05. The summed E-state index contributed by atoms with van der Waals surface area (Å²) in [4.78, 5) is 12.7. The molecule has 4 nitrogen and oxygen atoms in total. The molecular formula is C11H11ClN4S. The molecule has 17 heavy (non-hydrogen) atoms. The molecule has 0 saturated heterocycles. The van der Waals surface area contributed by atoms with Crippen LogP contribution in [0.2, 0.25) is 5.02 Å². The number of nitrogens with one attached hydrogen (secondary N) is 1. The minimum absolute atomic E-state index is 0.611. The summed E-state index contributed by atoms with van der Waals surface area (Å²) < 4.78 is 0. The normalized spacial score (nSPS) is 10.5.